The summed E-state index contributed by atoms with van der Waals surface area (Å²) in [6.07, 6.45) is 4.78. The Kier molecular flexibility index (Phi) is 5.00. The van der Waals surface area contributed by atoms with Gasteiger partial charge >= 0.3 is 0 Å². The maximum absolute atomic E-state index is 3.78. The van der Waals surface area contributed by atoms with Gasteiger partial charge in [-0.05, 0) is 48.9 Å². The molecular weight excluding hydrogens is 232 g/mol. The third-order valence-corrected chi connectivity index (χ3v) is 4.86. The van der Waals surface area contributed by atoms with Gasteiger partial charge in [-0.2, -0.15) is 0 Å². The van der Waals surface area contributed by atoms with Crippen LogP contribution in [-0.2, 0) is 19.5 Å². The van der Waals surface area contributed by atoms with Gasteiger partial charge in [-0.1, -0.05) is 39.0 Å². The fourth-order valence-corrected chi connectivity index (χ4v) is 3.06. The van der Waals surface area contributed by atoms with Crippen molar-refractivity contribution in [1.29, 1.82) is 0 Å². The molecule has 2 N–H and O–H groups in total. The Morgan fingerprint density at radius 1 is 1.11 bits per heavy atom. The summed E-state index contributed by atoms with van der Waals surface area (Å²) in [5.74, 6) is 0. The second-order valence-corrected chi connectivity index (χ2v) is 5.72. The van der Waals surface area contributed by atoms with E-state index in [0.29, 0.717) is 5.54 Å². The molecule has 1 heterocycles. The van der Waals surface area contributed by atoms with Crippen molar-refractivity contribution in [2.24, 2.45) is 0 Å². The molecule has 0 aliphatic carbocycles. The summed E-state index contributed by atoms with van der Waals surface area (Å²) in [5.41, 5.74) is 4.74. The molecular formula is C17H28N2. The van der Waals surface area contributed by atoms with Gasteiger partial charge in [0.25, 0.3) is 0 Å². The van der Waals surface area contributed by atoms with Gasteiger partial charge in [0, 0.05) is 18.6 Å². The molecule has 0 atom stereocenters. The average Bonchev–Trinajstić information content (AvgIpc) is 2.49. The molecule has 2 nitrogen and oxygen atoms in total. The Hall–Kier alpha value is -0.860. The lowest BCUT2D eigenvalue weighted by Gasteiger charge is -2.32. The minimum atomic E-state index is 0.314. The normalized spacial score (nSPS) is 15.3. The first-order valence-electron chi connectivity index (χ1n) is 7.79. The van der Waals surface area contributed by atoms with Crippen LogP contribution in [0.1, 0.15) is 56.7 Å². The summed E-state index contributed by atoms with van der Waals surface area (Å²) in [7, 11) is 0. The zero-order chi connectivity index (χ0) is 13.7. The third-order valence-electron chi connectivity index (χ3n) is 4.86. The number of hydrogen-bond donors (Lipinski definition) is 2. The van der Waals surface area contributed by atoms with E-state index in [1.807, 2.05) is 0 Å². The van der Waals surface area contributed by atoms with E-state index in [1.165, 1.54) is 42.4 Å². The van der Waals surface area contributed by atoms with Crippen molar-refractivity contribution in [2.45, 2.75) is 65.1 Å². The number of hydrogen-bond acceptors (Lipinski definition) is 2. The van der Waals surface area contributed by atoms with Crippen LogP contribution in [0.4, 0.5) is 0 Å². The Morgan fingerprint density at radius 2 is 1.84 bits per heavy atom. The molecule has 19 heavy (non-hydrogen) atoms. The summed E-state index contributed by atoms with van der Waals surface area (Å²) < 4.78 is 0. The highest BCUT2D eigenvalue weighted by atomic mass is 15.0. The van der Waals surface area contributed by atoms with E-state index in [4.69, 9.17) is 0 Å². The highest BCUT2D eigenvalue weighted by Gasteiger charge is 2.22. The molecule has 2 heteroatoms. The lowest BCUT2D eigenvalue weighted by Crippen LogP contribution is -2.43. The number of nitrogens with one attached hydrogen (secondary N) is 2. The molecule has 0 saturated heterocycles. The maximum atomic E-state index is 3.78. The Balaban J connectivity index is 2.03. The highest BCUT2D eigenvalue weighted by molar-refractivity contribution is 5.33. The SMILES string of the molecule is CCC(CC)(CC)NCc1ccc2c(c1)CNCC2. The Morgan fingerprint density at radius 3 is 2.53 bits per heavy atom. The second kappa shape index (κ2) is 6.53. The average molecular weight is 260 g/mol. The summed E-state index contributed by atoms with van der Waals surface area (Å²) in [4.78, 5) is 0. The number of fused-ring (bicyclic) bond motifs is 1. The maximum Gasteiger partial charge on any atom is 0.0210 e. The van der Waals surface area contributed by atoms with E-state index >= 15 is 0 Å². The minimum Gasteiger partial charge on any atom is -0.312 e. The zero-order valence-corrected chi connectivity index (χ0v) is 12.7. The van der Waals surface area contributed by atoms with E-state index in [-0.39, 0.29) is 0 Å². The summed E-state index contributed by atoms with van der Waals surface area (Å²) >= 11 is 0. The van der Waals surface area contributed by atoms with Crippen LogP contribution in [-0.4, -0.2) is 12.1 Å². The zero-order valence-electron chi connectivity index (χ0n) is 12.7. The van der Waals surface area contributed by atoms with Crippen LogP contribution in [0, 0.1) is 0 Å². The molecule has 2 rings (SSSR count). The quantitative estimate of drug-likeness (QED) is 0.819. The summed E-state index contributed by atoms with van der Waals surface area (Å²) in [6.45, 7) is 10.0. The molecule has 0 amide bonds. The van der Waals surface area contributed by atoms with Gasteiger partial charge in [0.15, 0.2) is 0 Å². The lowest BCUT2D eigenvalue weighted by atomic mass is 9.89. The standard InChI is InChI=1S/C17H28N2/c1-4-17(5-2,6-3)19-12-14-7-8-15-9-10-18-13-16(15)11-14/h7-8,11,18-19H,4-6,9-10,12-13H2,1-3H3. The van der Waals surface area contributed by atoms with Crippen molar-refractivity contribution >= 4 is 0 Å². The van der Waals surface area contributed by atoms with Gasteiger partial charge in [-0.15, -0.1) is 0 Å². The molecule has 1 aromatic carbocycles. The third kappa shape index (κ3) is 3.37. The van der Waals surface area contributed by atoms with Crippen molar-refractivity contribution in [3.63, 3.8) is 0 Å². The molecule has 1 aliphatic heterocycles. The predicted molar refractivity (Wildman–Crippen MR) is 82.3 cm³/mol. The van der Waals surface area contributed by atoms with Crippen LogP contribution in [0.15, 0.2) is 18.2 Å². The molecule has 106 valence electrons. The van der Waals surface area contributed by atoms with Crippen molar-refractivity contribution in [3.05, 3.63) is 34.9 Å². The topological polar surface area (TPSA) is 24.1 Å². The Labute approximate surface area is 118 Å². The van der Waals surface area contributed by atoms with E-state index in [1.54, 1.807) is 0 Å². The highest BCUT2D eigenvalue weighted by Crippen LogP contribution is 2.21. The van der Waals surface area contributed by atoms with Crippen LogP contribution >= 0.6 is 0 Å². The first-order valence-corrected chi connectivity index (χ1v) is 7.79. The van der Waals surface area contributed by atoms with Crippen molar-refractivity contribution in [1.82, 2.24) is 10.6 Å². The van der Waals surface area contributed by atoms with E-state index in [2.05, 4.69) is 49.6 Å². The fourth-order valence-electron chi connectivity index (χ4n) is 3.06. The van der Waals surface area contributed by atoms with Gasteiger partial charge in [-0.3, -0.25) is 0 Å². The van der Waals surface area contributed by atoms with Crippen LogP contribution < -0.4 is 10.6 Å². The first-order chi connectivity index (χ1) is 9.23. The molecule has 0 spiro atoms. The molecule has 1 aliphatic rings. The molecule has 0 radical (unpaired) electrons. The minimum absolute atomic E-state index is 0.314. The molecule has 0 saturated carbocycles. The predicted octanol–water partition coefficient (Wildman–Crippen LogP) is 3.39. The van der Waals surface area contributed by atoms with Crippen LogP contribution in [0.3, 0.4) is 0 Å². The van der Waals surface area contributed by atoms with Gasteiger partial charge in [0.2, 0.25) is 0 Å². The lowest BCUT2D eigenvalue weighted by molar-refractivity contribution is 0.288. The second-order valence-electron chi connectivity index (χ2n) is 5.72. The number of rotatable bonds is 6. The molecule has 0 unspecified atom stereocenters. The van der Waals surface area contributed by atoms with E-state index in [9.17, 15) is 0 Å². The monoisotopic (exact) mass is 260 g/mol. The molecule has 0 fully saturated rings. The van der Waals surface area contributed by atoms with Crippen LogP contribution in [0.2, 0.25) is 0 Å². The Bertz CT molecular complexity index is 399. The van der Waals surface area contributed by atoms with Gasteiger partial charge in [0.05, 0.1) is 0 Å². The van der Waals surface area contributed by atoms with E-state index < -0.39 is 0 Å². The molecule has 0 bridgehead atoms. The summed E-state index contributed by atoms with van der Waals surface area (Å²) in [6, 6.07) is 6.99. The van der Waals surface area contributed by atoms with Gasteiger partial charge in [0.1, 0.15) is 0 Å². The first kappa shape index (κ1) is 14.5. The van der Waals surface area contributed by atoms with Crippen molar-refractivity contribution in [3.8, 4) is 0 Å². The molecule has 1 aromatic rings. The largest absolute Gasteiger partial charge is 0.312 e. The van der Waals surface area contributed by atoms with Crippen molar-refractivity contribution < 1.29 is 0 Å². The molecule has 0 aromatic heterocycles. The smallest absolute Gasteiger partial charge is 0.0210 e. The van der Waals surface area contributed by atoms with Crippen LogP contribution in [0.25, 0.3) is 0 Å². The van der Waals surface area contributed by atoms with E-state index in [0.717, 1.165) is 19.6 Å². The van der Waals surface area contributed by atoms with Gasteiger partial charge in [-0.25, -0.2) is 0 Å². The van der Waals surface area contributed by atoms with Crippen LogP contribution in [0.5, 0.6) is 0 Å². The fraction of sp³-hybridized carbons (Fsp3) is 0.647. The van der Waals surface area contributed by atoms with Crippen molar-refractivity contribution in [2.75, 3.05) is 6.54 Å². The van der Waals surface area contributed by atoms with Gasteiger partial charge < -0.3 is 10.6 Å². The summed E-state index contributed by atoms with van der Waals surface area (Å²) in [5, 5.41) is 7.24. The number of benzene rings is 1.